The Balaban J connectivity index is 2.17. The van der Waals surface area contributed by atoms with Crippen molar-refractivity contribution in [3.8, 4) is 0 Å². The van der Waals surface area contributed by atoms with Crippen molar-refractivity contribution in [3.63, 3.8) is 0 Å². The minimum atomic E-state index is -0.852. The van der Waals surface area contributed by atoms with Crippen LogP contribution in [-0.2, 0) is 4.79 Å². The fourth-order valence-electron chi connectivity index (χ4n) is 4.43. The third kappa shape index (κ3) is 4.13. The standard InChI is InChI=1S/C20H32O3/c1-14-7-8-15-16(9-12-19(15,4)13-17(14)21)20(5,23)11-6-10-18(2,3)22/h6-7,10,15-16,22-23H,8-9,11-13H2,1-5H3/b10-6+/t15-,16-,19+,20-/m0/s1. The number of carbonyl (C=O) groups excluding carboxylic acids is 1. The Labute approximate surface area is 140 Å². The summed E-state index contributed by atoms with van der Waals surface area (Å²) >= 11 is 0. The molecule has 130 valence electrons. The molecule has 0 saturated heterocycles. The molecule has 23 heavy (non-hydrogen) atoms. The lowest BCUT2D eigenvalue weighted by molar-refractivity contribution is -0.118. The van der Waals surface area contributed by atoms with E-state index in [1.807, 2.05) is 19.9 Å². The lowest BCUT2D eigenvalue weighted by atomic mass is 9.69. The normalized spacial score (nSPS) is 34.9. The minimum Gasteiger partial charge on any atom is -0.390 e. The maximum Gasteiger partial charge on any atom is 0.158 e. The molecule has 0 aliphatic heterocycles. The second-order valence-electron chi connectivity index (χ2n) is 8.75. The van der Waals surface area contributed by atoms with E-state index in [9.17, 15) is 15.0 Å². The van der Waals surface area contributed by atoms with Crippen LogP contribution < -0.4 is 0 Å². The van der Waals surface area contributed by atoms with Crippen molar-refractivity contribution in [2.45, 2.75) is 77.9 Å². The van der Waals surface area contributed by atoms with Gasteiger partial charge in [-0.25, -0.2) is 0 Å². The predicted octanol–water partition coefficient (Wildman–Crippen LogP) is 3.80. The highest BCUT2D eigenvalue weighted by molar-refractivity contribution is 5.95. The van der Waals surface area contributed by atoms with Crippen molar-refractivity contribution in [1.29, 1.82) is 0 Å². The molecule has 3 nitrogen and oxygen atoms in total. The van der Waals surface area contributed by atoms with E-state index in [-0.39, 0.29) is 17.1 Å². The maximum atomic E-state index is 12.2. The van der Waals surface area contributed by atoms with Crippen LogP contribution in [0.3, 0.4) is 0 Å². The molecule has 0 radical (unpaired) electrons. The molecule has 0 amide bonds. The minimum absolute atomic E-state index is 0.0000361. The van der Waals surface area contributed by atoms with E-state index in [0.717, 1.165) is 24.8 Å². The lowest BCUT2D eigenvalue weighted by Crippen LogP contribution is -2.39. The van der Waals surface area contributed by atoms with E-state index in [0.29, 0.717) is 18.8 Å². The Hall–Kier alpha value is -0.930. The zero-order chi connectivity index (χ0) is 17.5. The summed E-state index contributed by atoms with van der Waals surface area (Å²) in [4.78, 5) is 12.2. The van der Waals surface area contributed by atoms with Crippen molar-refractivity contribution in [2.75, 3.05) is 0 Å². The highest BCUT2D eigenvalue weighted by Gasteiger charge is 2.51. The molecule has 2 rings (SSSR count). The Bertz CT molecular complexity index is 521. The van der Waals surface area contributed by atoms with Gasteiger partial charge in [-0.15, -0.1) is 0 Å². The topological polar surface area (TPSA) is 57.5 Å². The molecule has 0 unspecified atom stereocenters. The fraction of sp³-hybridized carbons (Fsp3) is 0.750. The molecule has 0 aromatic carbocycles. The number of hydrogen-bond donors (Lipinski definition) is 2. The highest BCUT2D eigenvalue weighted by Crippen LogP contribution is 2.56. The smallest absolute Gasteiger partial charge is 0.158 e. The Kier molecular flexibility index (Phi) is 4.94. The largest absolute Gasteiger partial charge is 0.390 e. The first-order valence-corrected chi connectivity index (χ1v) is 8.77. The van der Waals surface area contributed by atoms with Gasteiger partial charge >= 0.3 is 0 Å². The predicted molar refractivity (Wildman–Crippen MR) is 93.0 cm³/mol. The molecule has 0 heterocycles. The zero-order valence-corrected chi connectivity index (χ0v) is 15.2. The molecular formula is C20H32O3. The average Bonchev–Trinajstić information content (AvgIpc) is 2.66. The van der Waals surface area contributed by atoms with E-state index in [1.165, 1.54) is 0 Å². The maximum absolute atomic E-state index is 12.2. The van der Waals surface area contributed by atoms with Gasteiger partial charge in [-0.3, -0.25) is 4.79 Å². The number of fused-ring (bicyclic) bond motifs is 1. The Morgan fingerprint density at radius 1 is 1.35 bits per heavy atom. The summed E-state index contributed by atoms with van der Waals surface area (Å²) in [6, 6.07) is 0. The summed E-state index contributed by atoms with van der Waals surface area (Å²) in [6.45, 7) is 9.49. The summed E-state index contributed by atoms with van der Waals surface area (Å²) in [6.07, 6.45) is 9.68. The molecule has 1 saturated carbocycles. The number of rotatable bonds is 4. The summed E-state index contributed by atoms with van der Waals surface area (Å²) in [7, 11) is 0. The molecular weight excluding hydrogens is 288 g/mol. The fourth-order valence-corrected chi connectivity index (χ4v) is 4.43. The third-order valence-corrected chi connectivity index (χ3v) is 5.95. The van der Waals surface area contributed by atoms with Crippen LogP contribution in [0.2, 0.25) is 0 Å². The summed E-state index contributed by atoms with van der Waals surface area (Å²) in [5, 5.41) is 20.8. The van der Waals surface area contributed by atoms with Crippen LogP contribution in [0.15, 0.2) is 23.8 Å². The summed E-state index contributed by atoms with van der Waals surface area (Å²) in [5.41, 5.74) is -0.783. The second kappa shape index (κ2) is 6.18. The van der Waals surface area contributed by atoms with Gasteiger partial charge < -0.3 is 10.2 Å². The van der Waals surface area contributed by atoms with Crippen molar-refractivity contribution in [3.05, 3.63) is 23.8 Å². The van der Waals surface area contributed by atoms with Crippen LogP contribution in [0.25, 0.3) is 0 Å². The molecule has 4 atom stereocenters. The van der Waals surface area contributed by atoms with E-state index >= 15 is 0 Å². The quantitative estimate of drug-likeness (QED) is 0.775. The molecule has 0 aromatic heterocycles. The molecule has 2 aliphatic rings. The van der Waals surface area contributed by atoms with E-state index in [1.54, 1.807) is 19.9 Å². The van der Waals surface area contributed by atoms with Gasteiger partial charge in [-0.2, -0.15) is 0 Å². The number of allylic oxidation sites excluding steroid dienone is 2. The first kappa shape index (κ1) is 18.4. The molecule has 2 aliphatic carbocycles. The summed E-state index contributed by atoms with van der Waals surface area (Å²) in [5.74, 6) is 0.792. The van der Waals surface area contributed by atoms with Gasteiger partial charge in [0.15, 0.2) is 5.78 Å². The number of Topliss-reactive ketones (excluding diaryl/α,β-unsaturated/α-hetero) is 1. The van der Waals surface area contributed by atoms with Crippen LogP contribution in [0.4, 0.5) is 0 Å². The van der Waals surface area contributed by atoms with E-state index < -0.39 is 11.2 Å². The number of ketones is 1. The number of hydrogen-bond acceptors (Lipinski definition) is 3. The third-order valence-electron chi connectivity index (χ3n) is 5.95. The Morgan fingerprint density at radius 3 is 2.61 bits per heavy atom. The zero-order valence-electron chi connectivity index (χ0n) is 15.2. The number of aliphatic hydroxyl groups is 2. The van der Waals surface area contributed by atoms with E-state index in [2.05, 4.69) is 13.0 Å². The van der Waals surface area contributed by atoms with Gasteiger partial charge in [0.05, 0.1) is 11.2 Å². The molecule has 0 aromatic rings. The molecule has 0 spiro atoms. The first-order valence-electron chi connectivity index (χ1n) is 8.77. The lowest BCUT2D eigenvalue weighted by Gasteiger charge is -2.38. The monoisotopic (exact) mass is 320 g/mol. The SMILES string of the molecule is CC1=CC[C@H]2[C@@H]([C@@](C)(O)C/C=C/C(C)(C)O)CC[C@]2(C)CC1=O. The van der Waals surface area contributed by atoms with Gasteiger partial charge in [-0.05, 0) is 76.2 Å². The molecule has 2 N–H and O–H groups in total. The molecule has 1 fully saturated rings. The van der Waals surface area contributed by atoms with Crippen molar-refractivity contribution in [1.82, 2.24) is 0 Å². The Morgan fingerprint density at radius 2 is 2.00 bits per heavy atom. The van der Waals surface area contributed by atoms with Gasteiger partial charge in [0.1, 0.15) is 0 Å². The highest BCUT2D eigenvalue weighted by atomic mass is 16.3. The van der Waals surface area contributed by atoms with Crippen molar-refractivity contribution in [2.24, 2.45) is 17.3 Å². The van der Waals surface area contributed by atoms with Gasteiger partial charge in [0, 0.05) is 6.42 Å². The number of carbonyl (C=O) groups is 1. The second-order valence-corrected chi connectivity index (χ2v) is 8.75. The van der Waals surface area contributed by atoms with Crippen LogP contribution in [-0.4, -0.2) is 27.2 Å². The summed E-state index contributed by atoms with van der Waals surface area (Å²) < 4.78 is 0. The van der Waals surface area contributed by atoms with Crippen LogP contribution >= 0.6 is 0 Å². The van der Waals surface area contributed by atoms with Crippen molar-refractivity contribution < 1.29 is 15.0 Å². The van der Waals surface area contributed by atoms with Gasteiger partial charge in [-0.1, -0.05) is 25.2 Å². The van der Waals surface area contributed by atoms with Gasteiger partial charge in [0.25, 0.3) is 0 Å². The van der Waals surface area contributed by atoms with Crippen LogP contribution in [0.1, 0.15) is 66.7 Å². The van der Waals surface area contributed by atoms with Gasteiger partial charge in [0.2, 0.25) is 0 Å². The molecule has 3 heteroatoms. The molecule has 0 bridgehead atoms. The van der Waals surface area contributed by atoms with Crippen LogP contribution in [0, 0.1) is 17.3 Å². The first-order chi connectivity index (χ1) is 10.4. The van der Waals surface area contributed by atoms with E-state index in [4.69, 9.17) is 0 Å². The average molecular weight is 320 g/mol. The van der Waals surface area contributed by atoms with Crippen molar-refractivity contribution >= 4 is 5.78 Å². The van der Waals surface area contributed by atoms with Crippen LogP contribution in [0.5, 0.6) is 0 Å².